The summed E-state index contributed by atoms with van der Waals surface area (Å²) in [5, 5.41) is 2.78. The zero-order valence-corrected chi connectivity index (χ0v) is 16.8. The van der Waals surface area contributed by atoms with Gasteiger partial charge in [-0.2, -0.15) is 4.31 Å². The minimum Gasteiger partial charge on any atom is -0.496 e. The molecule has 1 aliphatic rings. The minimum absolute atomic E-state index is 0.0819. The Balaban J connectivity index is 1.93. The van der Waals surface area contributed by atoms with Crippen molar-refractivity contribution in [1.29, 1.82) is 0 Å². The lowest BCUT2D eigenvalue weighted by Crippen LogP contribution is -2.28. The number of anilines is 1. The number of nitrogens with one attached hydrogen (secondary N) is 1. The maximum Gasteiger partial charge on any atom is 0.259 e. The molecule has 0 unspecified atom stereocenters. The maximum atomic E-state index is 12.9. The van der Waals surface area contributed by atoms with E-state index in [4.69, 9.17) is 9.47 Å². The van der Waals surface area contributed by atoms with Gasteiger partial charge in [-0.3, -0.25) is 4.79 Å². The molecular formula is C20H24N2O5S. The number of methoxy groups -OCH3 is 1. The van der Waals surface area contributed by atoms with Crippen LogP contribution in [-0.4, -0.2) is 45.4 Å². The quantitative estimate of drug-likeness (QED) is 0.766. The van der Waals surface area contributed by atoms with Crippen LogP contribution in [0.4, 0.5) is 5.69 Å². The van der Waals surface area contributed by atoms with Gasteiger partial charge in [-0.05, 0) is 50.1 Å². The summed E-state index contributed by atoms with van der Waals surface area (Å²) in [6.07, 6.45) is 1.69. The van der Waals surface area contributed by atoms with Crippen molar-refractivity contribution >= 4 is 21.6 Å². The summed E-state index contributed by atoms with van der Waals surface area (Å²) >= 11 is 0. The van der Waals surface area contributed by atoms with Crippen molar-refractivity contribution in [3.8, 4) is 11.5 Å². The minimum atomic E-state index is -3.64. The molecule has 0 radical (unpaired) electrons. The van der Waals surface area contributed by atoms with Crippen molar-refractivity contribution in [1.82, 2.24) is 4.31 Å². The van der Waals surface area contributed by atoms with Crippen LogP contribution in [0.25, 0.3) is 0 Å². The Labute approximate surface area is 165 Å². The average molecular weight is 404 g/mol. The normalized spacial score (nSPS) is 14.6. The van der Waals surface area contributed by atoms with Crippen molar-refractivity contribution in [2.75, 3.05) is 32.1 Å². The number of ether oxygens (including phenoxy) is 2. The van der Waals surface area contributed by atoms with E-state index < -0.39 is 15.9 Å². The Kier molecular flexibility index (Phi) is 6.21. The summed E-state index contributed by atoms with van der Waals surface area (Å²) in [6.45, 7) is 3.31. The molecule has 1 aliphatic heterocycles. The van der Waals surface area contributed by atoms with E-state index in [9.17, 15) is 13.2 Å². The van der Waals surface area contributed by atoms with E-state index in [1.165, 1.54) is 29.6 Å². The van der Waals surface area contributed by atoms with E-state index >= 15 is 0 Å². The second-order valence-corrected chi connectivity index (χ2v) is 8.29. The molecule has 1 N–H and O–H groups in total. The highest BCUT2D eigenvalue weighted by atomic mass is 32.2. The summed E-state index contributed by atoms with van der Waals surface area (Å²) in [5.74, 6) is 0.368. The number of nitrogens with zero attached hydrogens (tertiary/aromatic N) is 1. The number of carbonyl (C=O) groups excluding carboxylic acids is 1. The molecule has 0 saturated carbocycles. The van der Waals surface area contributed by atoms with Crippen LogP contribution in [0, 0.1) is 0 Å². The summed E-state index contributed by atoms with van der Waals surface area (Å²) in [7, 11) is -2.20. The Morgan fingerprint density at radius 3 is 2.50 bits per heavy atom. The van der Waals surface area contributed by atoms with Crippen molar-refractivity contribution in [2.24, 2.45) is 0 Å². The Bertz CT molecular complexity index is 953. The number of hydrogen-bond donors (Lipinski definition) is 1. The first-order valence-electron chi connectivity index (χ1n) is 9.18. The molecule has 1 fully saturated rings. The standard InChI is InChI=1S/C20H24N2O5S/c1-3-27-19-9-5-4-8-17(19)21-20(23)16-14-15(10-11-18(16)26-2)28(24,25)22-12-6-7-13-22/h4-5,8-11,14H,3,6-7,12-13H2,1-2H3,(H,21,23). The first-order valence-corrected chi connectivity index (χ1v) is 10.6. The van der Waals surface area contributed by atoms with Gasteiger partial charge in [0, 0.05) is 13.1 Å². The second-order valence-electron chi connectivity index (χ2n) is 6.36. The molecule has 2 aromatic rings. The Morgan fingerprint density at radius 2 is 1.82 bits per heavy atom. The molecule has 0 atom stereocenters. The van der Waals surface area contributed by atoms with Crippen LogP contribution in [-0.2, 0) is 10.0 Å². The van der Waals surface area contributed by atoms with Gasteiger partial charge < -0.3 is 14.8 Å². The topological polar surface area (TPSA) is 84.9 Å². The first kappa shape index (κ1) is 20.2. The average Bonchev–Trinajstić information content (AvgIpc) is 3.25. The number of para-hydroxylation sites is 2. The predicted molar refractivity (Wildman–Crippen MR) is 107 cm³/mol. The first-order chi connectivity index (χ1) is 13.5. The number of rotatable bonds is 7. The zero-order valence-electron chi connectivity index (χ0n) is 16.0. The van der Waals surface area contributed by atoms with Crippen LogP contribution < -0.4 is 14.8 Å². The highest BCUT2D eigenvalue weighted by molar-refractivity contribution is 7.89. The van der Waals surface area contributed by atoms with Crippen LogP contribution in [0.2, 0.25) is 0 Å². The van der Waals surface area contributed by atoms with Crippen LogP contribution in [0.5, 0.6) is 11.5 Å². The molecule has 0 bridgehead atoms. The fourth-order valence-electron chi connectivity index (χ4n) is 3.14. The van der Waals surface area contributed by atoms with Gasteiger partial charge in [0.1, 0.15) is 11.5 Å². The lowest BCUT2D eigenvalue weighted by Gasteiger charge is -2.17. The monoisotopic (exact) mass is 404 g/mol. The van der Waals surface area contributed by atoms with Crippen molar-refractivity contribution < 1.29 is 22.7 Å². The summed E-state index contributed by atoms with van der Waals surface area (Å²) in [6, 6.07) is 11.4. The molecule has 28 heavy (non-hydrogen) atoms. The smallest absolute Gasteiger partial charge is 0.259 e. The van der Waals surface area contributed by atoms with Crippen molar-refractivity contribution in [3.63, 3.8) is 0 Å². The number of amides is 1. The molecule has 0 aromatic heterocycles. The molecule has 1 saturated heterocycles. The third-order valence-electron chi connectivity index (χ3n) is 4.55. The number of hydrogen-bond acceptors (Lipinski definition) is 5. The van der Waals surface area contributed by atoms with Crippen LogP contribution in [0.15, 0.2) is 47.4 Å². The van der Waals surface area contributed by atoms with Crippen LogP contribution in [0.3, 0.4) is 0 Å². The van der Waals surface area contributed by atoms with Gasteiger partial charge in [0.2, 0.25) is 10.0 Å². The van der Waals surface area contributed by atoms with E-state index in [0.717, 1.165) is 12.8 Å². The third-order valence-corrected chi connectivity index (χ3v) is 6.45. The maximum absolute atomic E-state index is 12.9. The zero-order chi connectivity index (χ0) is 20.1. The molecule has 1 amide bonds. The van der Waals surface area contributed by atoms with Gasteiger partial charge in [-0.15, -0.1) is 0 Å². The van der Waals surface area contributed by atoms with E-state index in [-0.39, 0.29) is 10.5 Å². The van der Waals surface area contributed by atoms with E-state index in [1.807, 2.05) is 13.0 Å². The lowest BCUT2D eigenvalue weighted by molar-refractivity contribution is 0.102. The highest BCUT2D eigenvalue weighted by Gasteiger charge is 2.28. The number of benzene rings is 2. The van der Waals surface area contributed by atoms with Crippen LogP contribution in [0.1, 0.15) is 30.1 Å². The molecular weight excluding hydrogens is 380 g/mol. The van der Waals surface area contributed by atoms with Crippen molar-refractivity contribution in [3.05, 3.63) is 48.0 Å². The van der Waals surface area contributed by atoms with Crippen molar-refractivity contribution in [2.45, 2.75) is 24.7 Å². The van der Waals surface area contributed by atoms with Gasteiger partial charge in [0.15, 0.2) is 0 Å². The molecule has 150 valence electrons. The van der Waals surface area contributed by atoms with Gasteiger partial charge >= 0.3 is 0 Å². The van der Waals surface area contributed by atoms with E-state index in [1.54, 1.807) is 18.2 Å². The molecule has 1 heterocycles. The second kappa shape index (κ2) is 8.62. The molecule has 0 spiro atoms. The van der Waals surface area contributed by atoms with Gasteiger partial charge in [0.25, 0.3) is 5.91 Å². The highest BCUT2D eigenvalue weighted by Crippen LogP contribution is 2.29. The van der Waals surface area contributed by atoms with E-state index in [0.29, 0.717) is 36.9 Å². The molecule has 8 heteroatoms. The predicted octanol–water partition coefficient (Wildman–Crippen LogP) is 3.13. The van der Waals surface area contributed by atoms with Crippen LogP contribution >= 0.6 is 0 Å². The molecule has 2 aromatic carbocycles. The van der Waals surface area contributed by atoms with Gasteiger partial charge in [-0.25, -0.2) is 8.42 Å². The summed E-state index contributed by atoms with van der Waals surface area (Å²) < 4.78 is 37.9. The van der Waals surface area contributed by atoms with Gasteiger partial charge in [-0.1, -0.05) is 12.1 Å². The van der Waals surface area contributed by atoms with Gasteiger partial charge in [0.05, 0.1) is 29.9 Å². The Hall–Kier alpha value is -2.58. The fourth-order valence-corrected chi connectivity index (χ4v) is 4.69. The SMILES string of the molecule is CCOc1ccccc1NC(=O)c1cc(S(=O)(=O)N2CCCC2)ccc1OC. The summed E-state index contributed by atoms with van der Waals surface area (Å²) in [4.78, 5) is 13.0. The Morgan fingerprint density at radius 1 is 1.11 bits per heavy atom. The number of carbonyl (C=O) groups is 1. The molecule has 0 aliphatic carbocycles. The molecule has 7 nitrogen and oxygen atoms in total. The fraction of sp³-hybridized carbons (Fsp3) is 0.350. The molecule has 3 rings (SSSR count). The van der Waals surface area contributed by atoms with E-state index in [2.05, 4.69) is 5.32 Å². The summed E-state index contributed by atoms with van der Waals surface area (Å²) in [5.41, 5.74) is 0.651. The third kappa shape index (κ3) is 4.13. The largest absolute Gasteiger partial charge is 0.496 e. The lowest BCUT2D eigenvalue weighted by atomic mass is 10.1. The number of sulfonamides is 1.